The lowest BCUT2D eigenvalue weighted by atomic mass is 9.84. The molecule has 0 saturated heterocycles. The molecule has 196 valence electrons. The number of aromatic carboxylic acids is 1. The Bertz CT molecular complexity index is 1360. The minimum absolute atomic E-state index is 0.303. The number of aromatic nitrogens is 1. The number of carboxylic acids is 1. The Morgan fingerprint density at radius 1 is 0.895 bits per heavy atom. The summed E-state index contributed by atoms with van der Waals surface area (Å²) in [5, 5.41) is 12.2. The van der Waals surface area contributed by atoms with Crippen LogP contribution in [0.1, 0.15) is 65.1 Å². The third-order valence-electron chi connectivity index (χ3n) is 7.49. The lowest BCUT2D eigenvalue weighted by Gasteiger charge is -2.23. The topological polar surface area (TPSA) is 56.7 Å². The van der Waals surface area contributed by atoms with Gasteiger partial charge in [0.05, 0.1) is 11.3 Å². The van der Waals surface area contributed by atoms with Gasteiger partial charge in [0.25, 0.3) is 0 Å². The minimum Gasteiger partial charge on any atom is -0.478 e. The van der Waals surface area contributed by atoms with Gasteiger partial charge in [0.15, 0.2) is 5.13 Å². The summed E-state index contributed by atoms with van der Waals surface area (Å²) in [6.45, 7) is 1.47. The summed E-state index contributed by atoms with van der Waals surface area (Å²) >= 11 is 1.59. The molecule has 1 N–H and O–H groups in total. The van der Waals surface area contributed by atoms with E-state index in [0.717, 1.165) is 34.4 Å². The van der Waals surface area contributed by atoms with Crippen molar-refractivity contribution in [1.29, 1.82) is 0 Å². The average Bonchev–Trinajstić information content (AvgIpc) is 3.45. The van der Waals surface area contributed by atoms with E-state index in [1.165, 1.54) is 48.9 Å². The Balaban J connectivity index is 1.19. The first kappa shape index (κ1) is 26.0. The van der Waals surface area contributed by atoms with E-state index in [-0.39, 0.29) is 0 Å². The number of nitrogens with zero attached hydrogens (tertiary/aromatic N) is 3. The quantitative estimate of drug-likeness (QED) is 0.241. The van der Waals surface area contributed by atoms with Gasteiger partial charge in [-0.1, -0.05) is 67.8 Å². The van der Waals surface area contributed by atoms with E-state index in [9.17, 15) is 9.90 Å². The molecule has 38 heavy (non-hydrogen) atoms. The average molecular weight is 526 g/mol. The lowest BCUT2D eigenvalue weighted by Crippen LogP contribution is -2.16. The zero-order chi connectivity index (χ0) is 26.5. The molecule has 6 heteroatoms. The van der Waals surface area contributed by atoms with Crippen molar-refractivity contribution in [3.05, 3.63) is 100 Å². The molecule has 5 nitrogen and oxygen atoms in total. The van der Waals surface area contributed by atoms with Crippen LogP contribution in [0, 0.1) is 0 Å². The second kappa shape index (κ2) is 11.8. The number of benzene rings is 3. The molecule has 1 aromatic heterocycles. The number of anilines is 2. The van der Waals surface area contributed by atoms with Crippen LogP contribution in [0.3, 0.4) is 0 Å². The number of hydrogen-bond donors (Lipinski definition) is 1. The molecule has 4 aromatic rings. The van der Waals surface area contributed by atoms with Crippen LogP contribution in [-0.2, 0) is 13.1 Å². The highest BCUT2D eigenvalue weighted by molar-refractivity contribution is 7.14. The highest BCUT2D eigenvalue weighted by Gasteiger charge is 2.15. The summed E-state index contributed by atoms with van der Waals surface area (Å²) in [6, 6.07) is 24.9. The maximum Gasteiger partial charge on any atom is 0.335 e. The second-order valence-corrected chi connectivity index (χ2v) is 11.2. The molecule has 0 spiro atoms. The van der Waals surface area contributed by atoms with Crippen molar-refractivity contribution in [3.8, 4) is 11.3 Å². The van der Waals surface area contributed by atoms with Crippen LogP contribution in [0.4, 0.5) is 10.8 Å². The van der Waals surface area contributed by atoms with Crippen LogP contribution in [0.2, 0.25) is 0 Å². The third kappa shape index (κ3) is 6.25. The Hall–Kier alpha value is -3.64. The summed E-state index contributed by atoms with van der Waals surface area (Å²) < 4.78 is 0. The maximum absolute atomic E-state index is 11.3. The zero-order valence-corrected chi connectivity index (χ0v) is 23.0. The van der Waals surface area contributed by atoms with Crippen LogP contribution in [0.5, 0.6) is 0 Å². The second-order valence-electron chi connectivity index (χ2n) is 10.4. The first-order valence-corrected chi connectivity index (χ1v) is 14.2. The molecule has 0 atom stereocenters. The Kier molecular flexibility index (Phi) is 8.08. The fourth-order valence-corrected chi connectivity index (χ4v) is 6.10. The molecule has 1 heterocycles. The Labute approximate surface area is 229 Å². The van der Waals surface area contributed by atoms with Crippen molar-refractivity contribution in [2.75, 3.05) is 23.9 Å². The first-order chi connectivity index (χ1) is 18.5. The van der Waals surface area contributed by atoms with E-state index < -0.39 is 5.97 Å². The largest absolute Gasteiger partial charge is 0.478 e. The summed E-state index contributed by atoms with van der Waals surface area (Å²) in [5.74, 6) is -0.162. The van der Waals surface area contributed by atoms with Crippen molar-refractivity contribution in [2.45, 2.75) is 51.1 Å². The molecule has 0 amide bonds. The smallest absolute Gasteiger partial charge is 0.335 e. The van der Waals surface area contributed by atoms with Crippen molar-refractivity contribution in [1.82, 2.24) is 4.98 Å². The third-order valence-corrected chi connectivity index (χ3v) is 8.45. The number of hydrogen-bond acceptors (Lipinski definition) is 5. The van der Waals surface area contributed by atoms with Gasteiger partial charge in [-0.05, 0) is 59.7 Å². The molecule has 1 aliphatic rings. The molecule has 1 saturated carbocycles. The molecular formula is C32H35N3O2S. The van der Waals surface area contributed by atoms with Gasteiger partial charge in [0, 0.05) is 43.8 Å². The van der Waals surface area contributed by atoms with Crippen LogP contribution in [0.15, 0.2) is 78.2 Å². The van der Waals surface area contributed by atoms with Crippen LogP contribution in [-0.4, -0.2) is 30.2 Å². The molecule has 0 aliphatic heterocycles. The van der Waals surface area contributed by atoms with Crippen LogP contribution < -0.4 is 9.80 Å². The summed E-state index contributed by atoms with van der Waals surface area (Å²) in [5.41, 5.74) is 7.29. The maximum atomic E-state index is 11.3. The fourth-order valence-electron chi connectivity index (χ4n) is 5.30. The summed E-state index contributed by atoms with van der Waals surface area (Å²) in [7, 11) is 4.12. The van der Waals surface area contributed by atoms with Gasteiger partial charge < -0.3 is 14.9 Å². The van der Waals surface area contributed by atoms with Gasteiger partial charge in [-0.15, -0.1) is 11.3 Å². The summed E-state index contributed by atoms with van der Waals surface area (Å²) in [6.07, 6.45) is 6.80. The predicted octanol–water partition coefficient (Wildman–Crippen LogP) is 7.83. The van der Waals surface area contributed by atoms with Crippen molar-refractivity contribution >= 4 is 28.1 Å². The van der Waals surface area contributed by atoms with Crippen molar-refractivity contribution < 1.29 is 9.90 Å². The Morgan fingerprint density at radius 2 is 1.61 bits per heavy atom. The van der Waals surface area contributed by atoms with Crippen molar-refractivity contribution in [2.24, 2.45) is 0 Å². The van der Waals surface area contributed by atoms with Gasteiger partial charge in [0.1, 0.15) is 0 Å². The number of carbonyl (C=O) groups is 1. The Morgan fingerprint density at radius 3 is 2.32 bits per heavy atom. The van der Waals surface area contributed by atoms with E-state index >= 15 is 0 Å². The van der Waals surface area contributed by atoms with Crippen LogP contribution in [0.25, 0.3) is 11.3 Å². The van der Waals surface area contributed by atoms with E-state index in [1.54, 1.807) is 29.5 Å². The highest BCUT2D eigenvalue weighted by atomic mass is 32.1. The number of thiazole rings is 1. The molecule has 0 unspecified atom stereocenters. The zero-order valence-electron chi connectivity index (χ0n) is 22.1. The van der Waals surface area contributed by atoms with E-state index in [0.29, 0.717) is 12.1 Å². The lowest BCUT2D eigenvalue weighted by molar-refractivity contribution is 0.0696. The van der Waals surface area contributed by atoms with Crippen LogP contribution >= 0.6 is 11.3 Å². The number of rotatable bonds is 9. The van der Waals surface area contributed by atoms with E-state index in [4.69, 9.17) is 4.98 Å². The normalized spacial score (nSPS) is 13.8. The molecule has 0 radical (unpaired) electrons. The van der Waals surface area contributed by atoms with Gasteiger partial charge >= 0.3 is 5.97 Å². The number of carboxylic acid groups (broad SMARTS) is 1. The highest BCUT2D eigenvalue weighted by Crippen LogP contribution is 2.33. The van der Waals surface area contributed by atoms with Gasteiger partial charge in [-0.3, -0.25) is 0 Å². The first-order valence-electron chi connectivity index (χ1n) is 13.4. The molecule has 1 aliphatic carbocycles. The molecule has 1 fully saturated rings. The van der Waals surface area contributed by atoms with E-state index in [2.05, 4.69) is 70.8 Å². The van der Waals surface area contributed by atoms with Gasteiger partial charge in [-0.25, -0.2) is 9.78 Å². The monoisotopic (exact) mass is 525 g/mol. The van der Waals surface area contributed by atoms with Gasteiger partial charge in [0.2, 0.25) is 0 Å². The predicted molar refractivity (Wildman–Crippen MR) is 157 cm³/mol. The fraction of sp³-hybridized carbons (Fsp3) is 0.312. The molecular weight excluding hydrogens is 490 g/mol. The molecule has 0 bridgehead atoms. The molecule has 3 aromatic carbocycles. The van der Waals surface area contributed by atoms with Gasteiger partial charge in [-0.2, -0.15) is 0 Å². The minimum atomic E-state index is -0.910. The molecule has 5 rings (SSSR count). The van der Waals surface area contributed by atoms with Crippen molar-refractivity contribution in [3.63, 3.8) is 0 Å². The standard InChI is InChI=1S/C32H35N3O2S/c1-34(20-23-11-13-26(14-12-23)25-8-4-3-5-9-25)29-17-15-27(16-18-29)30-22-38-32(33-30)35(2)21-24-7-6-10-28(19-24)31(36)37/h6-7,10-19,22,25H,3-5,8-9,20-21H2,1-2H3,(H,36,37). The summed E-state index contributed by atoms with van der Waals surface area (Å²) in [4.78, 5) is 20.4. The SMILES string of the molecule is CN(Cc1ccc(C2CCCCC2)cc1)c1ccc(-c2csc(N(C)Cc3cccc(C(=O)O)c3)n2)cc1. The van der Waals surface area contributed by atoms with E-state index in [1.807, 2.05) is 13.1 Å².